The zero-order valence-corrected chi connectivity index (χ0v) is 23.0. The Morgan fingerprint density at radius 3 is 2.62 bits per heavy atom. The van der Waals surface area contributed by atoms with E-state index in [0.29, 0.717) is 29.5 Å². The SMILES string of the molecule is COc1cc(-c2n[nH]c(-c3nc(C)c(C4CCC(N5CC(OC)C5)CC4)s3)c2C(C)C)cn2ncnc12. The second-order valence-corrected chi connectivity index (χ2v) is 11.7. The van der Waals surface area contributed by atoms with Gasteiger partial charge in [-0.2, -0.15) is 10.2 Å². The monoisotopic (exact) mass is 521 g/mol. The van der Waals surface area contributed by atoms with Crippen LogP contribution in [0, 0.1) is 6.92 Å². The molecule has 1 saturated heterocycles. The Labute approximate surface area is 221 Å². The number of aryl methyl sites for hydroxylation is 1. The molecule has 0 bridgehead atoms. The predicted octanol–water partition coefficient (Wildman–Crippen LogP) is 5.04. The van der Waals surface area contributed by atoms with Crippen LogP contribution in [0.25, 0.3) is 27.6 Å². The predicted molar refractivity (Wildman–Crippen MR) is 144 cm³/mol. The van der Waals surface area contributed by atoms with Crippen LogP contribution in [0.2, 0.25) is 0 Å². The number of nitrogens with one attached hydrogen (secondary N) is 1. The summed E-state index contributed by atoms with van der Waals surface area (Å²) in [6.45, 7) is 8.75. The molecule has 1 N–H and O–H groups in total. The zero-order chi connectivity index (χ0) is 25.7. The highest BCUT2D eigenvalue weighted by atomic mass is 32.1. The standard InChI is InChI=1S/C27H35N7O2S/c1-15(2)22-23(18-10-21(36-5)26-28-14-29-34(26)11-18)31-32-24(22)27-30-16(3)25(37-27)17-6-8-19(9-7-17)33-12-20(13-33)35-4/h10-11,14-15,17,19-20H,6-9,12-13H2,1-5H3,(H,31,32). The number of nitrogens with zero attached hydrogens (tertiary/aromatic N) is 6. The van der Waals surface area contributed by atoms with Crippen LogP contribution in [0.3, 0.4) is 0 Å². The van der Waals surface area contributed by atoms with Crippen molar-refractivity contribution in [1.82, 2.24) is 34.7 Å². The average molecular weight is 522 g/mol. The Kier molecular flexibility index (Phi) is 6.50. The van der Waals surface area contributed by atoms with Crippen molar-refractivity contribution >= 4 is 17.0 Å². The number of ether oxygens (including phenoxy) is 2. The molecule has 10 heteroatoms. The minimum Gasteiger partial charge on any atom is -0.493 e. The van der Waals surface area contributed by atoms with Gasteiger partial charge in [0.1, 0.15) is 11.3 Å². The van der Waals surface area contributed by atoms with Gasteiger partial charge in [0, 0.05) is 48.4 Å². The molecule has 1 aliphatic heterocycles. The molecular formula is C27H35N7O2S. The van der Waals surface area contributed by atoms with Gasteiger partial charge >= 0.3 is 0 Å². The maximum atomic E-state index is 5.59. The molecule has 2 aliphatic rings. The van der Waals surface area contributed by atoms with Crippen LogP contribution in [0.15, 0.2) is 18.6 Å². The number of aromatic nitrogens is 6. The first-order chi connectivity index (χ1) is 18.0. The topological polar surface area (TPSA) is 93.5 Å². The fourth-order valence-corrected chi connectivity index (χ4v) is 7.23. The molecule has 4 aromatic rings. The number of hydrogen-bond acceptors (Lipinski definition) is 8. The molecule has 37 heavy (non-hydrogen) atoms. The van der Waals surface area contributed by atoms with Crippen LogP contribution < -0.4 is 4.74 Å². The molecule has 6 rings (SSSR count). The van der Waals surface area contributed by atoms with Crippen LogP contribution in [0.1, 0.15) is 67.5 Å². The normalized spacial score (nSPS) is 21.1. The molecule has 0 atom stereocenters. The molecule has 1 aliphatic carbocycles. The van der Waals surface area contributed by atoms with Crippen molar-refractivity contribution in [3.8, 4) is 27.7 Å². The number of pyridine rings is 1. The molecule has 196 valence electrons. The highest BCUT2D eigenvalue weighted by Gasteiger charge is 2.35. The summed E-state index contributed by atoms with van der Waals surface area (Å²) in [6, 6.07) is 2.69. The number of rotatable bonds is 7. The summed E-state index contributed by atoms with van der Waals surface area (Å²) in [7, 11) is 3.48. The first-order valence-corrected chi connectivity index (χ1v) is 14.0. The van der Waals surface area contributed by atoms with Crippen LogP contribution in [-0.4, -0.2) is 74.1 Å². The molecule has 2 fully saturated rings. The van der Waals surface area contributed by atoms with E-state index in [1.807, 2.05) is 30.7 Å². The van der Waals surface area contributed by atoms with E-state index in [1.165, 1.54) is 36.9 Å². The van der Waals surface area contributed by atoms with Gasteiger partial charge in [-0.15, -0.1) is 11.3 Å². The van der Waals surface area contributed by atoms with Crippen molar-refractivity contribution in [2.45, 2.75) is 70.4 Å². The van der Waals surface area contributed by atoms with Gasteiger partial charge < -0.3 is 9.47 Å². The lowest BCUT2D eigenvalue weighted by molar-refractivity contribution is -0.0578. The molecule has 1 saturated carbocycles. The maximum Gasteiger partial charge on any atom is 0.197 e. The summed E-state index contributed by atoms with van der Waals surface area (Å²) in [5.74, 6) is 1.52. The molecular weight excluding hydrogens is 486 g/mol. The first-order valence-electron chi connectivity index (χ1n) is 13.2. The summed E-state index contributed by atoms with van der Waals surface area (Å²) in [5.41, 5.74) is 5.87. The molecule has 4 aromatic heterocycles. The Morgan fingerprint density at radius 2 is 1.92 bits per heavy atom. The fraction of sp³-hybridized carbons (Fsp3) is 0.556. The number of fused-ring (bicyclic) bond motifs is 1. The molecule has 0 aromatic carbocycles. The quantitative estimate of drug-likeness (QED) is 0.364. The van der Waals surface area contributed by atoms with E-state index in [1.54, 1.807) is 11.6 Å². The Hall–Kier alpha value is -2.82. The van der Waals surface area contributed by atoms with Gasteiger partial charge in [-0.05, 0) is 50.5 Å². The highest BCUT2D eigenvalue weighted by molar-refractivity contribution is 7.15. The van der Waals surface area contributed by atoms with Crippen molar-refractivity contribution < 1.29 is 9.47 Å². The lowest BCUT2D eigenvalue weighted by atomic mass is 9.83. The van der Waals surface area contributed by atoms with Gasteiger partial charge in [-0.3, -0.25) is 10.00 Å². The van der Waals surface area contributed by atoms with Crippen LogP contribution in [0.5, 0.6) is 5.75 Å². The van der Waals surface area contributed by atoms with Gasteiger partial charge in [-0.1, -0.05) is 13.8 Å². The minimum absolute atomic E-state index is 0.261. The van der Waals surface area contributed by atoms with E-state index in [4.69, 9.17) is 19.6 Å². The van der Waals surface area contributed by atoms with E-state index >= 15 is 0 Å². The summed E-state index contributed by atoms with van der Waals surface area (Å²) in [4.78, 5) is 13.4. The van der Waals surface area contributed by atoms with Crippen molar-refractivity contribution in [2.24, 2.45) is 0 Å². The first kappa shape index (κ1) is 24.5. The molecule has 0 unspecified atom stereocenters. The number of methoxy groups -OCH3 is 2. The van der Waals surface area contributed by atoms with Gasteiger partial charge in [-0.25, -0.2) is 14.5 Å². The van der Waals surface area contributed by atoms with Crippen LogP contribution in [-0.2, 0) is 4.74 Å². The second kappa shape index (κ2) is 9.81. The Morgan fingerprint density at radius 1 is 1.14 bits per heavy atom. The smallest absolute Gasteiger partial charge is 0.197 e. The number of aromatic amines is 1. The van der Waals surface area contributed by atoms with Crippen LogP contribution >= 0.6 is 11.3 Å². The lowest BCUT2D eigenvalue weighted by Gasteiger charge is -2.45. The van der Waals surface area contributed by atoms with Crippen molar-refractivity contribution in [3.05, 3.63) is 34.7 Å². The third-order valence-electron chi connectivity index (χ3n) is 8.06. The van der Waals surface area contributed by atoms with Crippen LogP contribution in [0.4, 0.5) is 0 Å². The number of likely N-dealkylation sites (tertiary alicyclic amines) is 1. The van der Waals surface area contributed by atoms with Crippen molar-refractivity contribution in [1.29, 1.82) is 0 Å². The lowest BCUT2D eigenvalue weighted by Crippen LogP contribution is -2.56. The van der Waals surface area contributed by atoms with E-state index in [9.17, 15) is 0 Å². The van der Waals surface area contributed by atoms with E-state index in [0.717, 1.165) is 46.3 Å². The Balaban J connectivity index is 1.27. The van der Waals surface area contributed by atoms with E-state index in [2.05, 4.69) is 40.9 Å². The van der Waals surface area contributed by atoms with Crippen molar-refractivity contribution in [2.75, 3.05) is 27.3 Å². The minimum atomic E-state index is 0.261. The number of hydrogen-bond donors (Lipinski definition) is 1. The van der Waals surface area contributed by atoms with Crippen molar-refractivity contribution in [3.63, 3.8) is 0 Å². The fourth-order valence-electron chi connectivity index (χ4n) is 5.99. The van der Waals surface area contributed by atoms with Gasteiger partial charge in [0.25, 0.3) is 0 Å². The summed E-state index contributed by atoms with van der Waals surface area (Å²) in [6.07, 6.45) is 8.89. The average Bonchev–Trinajstić information content (AvgIpc) is 3.61. The van der Waals surface area contributed by atoms with E-state index in [-0.39, 0.29) is 5.92 Å². The summed E-state index contributed by atoms with van der Waals surface area (Å²) in [5, 5.41) is 13.4. The van der Waals surface area contributed by atoms with Gasteiger partial charge in [0.2, 0.25) is 0 Å². The molecule has 0 amide bonds. The zero-order valence-electron chi connectivity index (χ0n) is 22.2. The summed E-state index contributed by atoms with van der Waals surface area (Å²) >= 11 is 1.84. The second-order valence-electron chi connectivity index (χ2n) is 10.6. The van der Waals surface area contributed by atoms with E-state index < -0.39 is 0 Å². The third-order valence-corrected chi connectivity index (χ3v) is 9.39. The molecule has 5 heterocycles. The molecule has 0 radical (unpaired) electrons. The highest BCUT2D eigenvalue weighted by Crippen LogP contribution is 2.44. The largest absolute Gasteiger partial charge is 0.493 e. The Bertz CT molecular complexity index is 1390. The molecule has 9 nitrogen and oxygen atoms in total. The van der Waals surface area contributed by atoms with Gasteiger partial charge in [0.15, 0.2) is 11.4 Å². The van der Waals surface area contributed by atoms with Gasteiger partial charge in [0.05, 0.1) is 30.3 Å². The number of H-pyrrole nitrogens is 1. The maximum absolute atomic E-state index is 5.59. The summed E-state index contributed by atoms with van der Waals surface area (Å²) < 4.78 is 12.8. The third kappa shape index (κ3) is 4.34. The molecule has 0 spiro atoms. The number of thiazole rings is 1.